The zero-order chi connectivity index (χ0) is 7.82. The van der Waals surface area contributed by atoms with E-state index in [9.17, 15) is 0 Å². The van der Waals surface area contributed by atoms with Gasteiger partial charge in [0.15, 0.2) is 0 Å². The van der Waals surface area contributed by atoms with Gasteiger partial charge in [0.25, 0.3) is 0 Å². The van der Waals surface area contributed by atoms with Crippen molar-refractivity contribution >= 4 is 21.7 Å². The molecule has 0 unspecified atom stereocenters. The first kappa shape index (κ1) is 9.82. The highest BCUT2D eigenvalue weighted by atomic mass is 35.7. The van der Waals surface area contributed by atoms with Crippen LogP contribution in [-0.2, 0) is 0 Å². The minimum absolute atomic E-state index is 1.00. The van der Waals surface area contributed by atoms with Crippen LogP contribution in [0.3, 0.4) is 0 Å². The molecule has 0 aliphatic rings. The van der Waals surface area contributed by atoms with Gasteiger partial charge in [-0.25, -0.2) is 0 Å². The molecule has 1 nitrogen and oxygen atoms in total. The molecule has 0 spiro atoms. The Labute approximate surface area is 69.5 Å². The van der Waals surface area contributed by atoms with Gasteiger partial charge < -0.3 is 5.11 Å². The predicted molar refractivity (Wildman–Crippen MR) is 46.3 cm³/mol. The molecular formula is C7H9ClOS. The van der Waals surface area contributed by atoms with E-state index in [2.05, 4.69) is 0 Å². The van der Waals surface area contributed by atoms with Gasteiger partial charge in [-0.2, -0.15) is 0 Å². The van der Waals surface area contributed by atoms with Gasteiger partial charge in [0.05, 0.1) is 0 Å². The zero-order valence-electron chi connectivity index (χ0n) is 5.62. The fourth-order valence-corrected chi connectivity index (χ4v) is 1.04. The van der Waals surface area contributed by atoms with Gasteiger partial charge in [0.2, 0.25) is 0 Å². The highest BCUT2D eigenvalue weighted by Gasteiger charge is 1.82. The molecule has 0 radical (unpaired) electrons. The molecular weight excluding hydrogens is 168 g/mol. The van der Waals surface area contributed by atoms with Crippen LogP contribution in [0.1, 0.15) is 0 Å². The van der Waals surface area contributed by atoms with Crippen molar-refractivity contribution in [1.29, 1.82) is 0 Å². The maximum absolute atomic E-state index is 7.00. The van der Waals surface area contributed by atoms with Crippen molar-refractivity contribution in [2.45, 2.75) is 4.90 Å². The van der Waals surface area contributed by atoms with Crippen LogP contribution in [-0.4, -0.2) is 12.2 Å². The number of hydrogen-bond donors (Lipinski definition) is 1. The molecule has 0 saturated carbocycles. The molecule has 0 aliphatic heterocycles. The van der Waals surface area contributed by atoms with E-state index in [0.29, 0.717) is 0 Å². The molecule has 0 atom stereocenters. The topological polar surface area (TPSA) is 20.2 Å². The third-order valence-electron chi connectivity index (χ3n) is 0.832. The molecule has 1 rings (SSSR count). The fourth-order valence-electron chi connectivity index (χ4n) is 0.472. The lowest BCUT2D eigenvalue weighted by Crippen LogP contribution is -1.59. The average Bonchev–Trinajstić information content (AvgIpc) is 2.10. The first-order valence-corrected chi connectivity index (χ1v) is 4.36. The van der Waals surface area contributed by atoms with E-state index in [1.807, 2.05) is 30.3 Å². The number of hydrogen-bond acceptors (Lipinski definition) is 2. The Hall–Kier alpha value is -0.180. The highest BCUT2D eigenvalue weighted by molar-refractivity contribution is 8.21. The molecule has 56 valence electrons. The predicted octanol–water partition coefficient (Wildman–Crippen LogP) is 2.54. The second-order valence-corrected chi connectivity index (χ2v) is 2.48. The summed E-state index contributed by atoms with van der Waals surface area (Å²) >= 11 is 0. The summed E-state index contributed by atoms with van der Waals surface area (Å²) in [4.78, 5) is 1.09. The molecule has 0 saturated heterocycles. The maximum atomic E-state index is 7.00. The first-order valence-electron chi connectivity index (χ1n) is 2.72. The minimum atomic E-state index is 1.00. The molecule has 1 aromatic rings. The van der Waals surface area contributed by atoms with E-state index >= 15 is 0 Å². The number of aliphatic hydroxyl groups is 1. The smallest absolute Gasteiger partial charge is 0.0319 e. The molecule has 0 bridgehead atoms. The van der Waals surface area contributed by atoms with Crippen LogP contribution in [0.5, 0.6) is 0 Å². The van der Waals surface area contributed by atoms with Crippen molar-refractivity contribution < 1.29 is 5.11 Å². The van der Waals surface area contributed by atoms with Crippen molar-refractivity contribution in [3.05, 3.63) is 30.3 Å². The Kier molecular flexibility index (Phi) is 6.81. The lowest BCUT2D eigenvalue weighted by molar-refractivity contribution is 0.399. The highest BCUT2D eigenvalue weighted by Crippen LogP contribution is 2.19. The second kappa shape index (κ2) is 6.93. The van der Waals surface area contributed by atoms with Gasteiger partial charge in [-0.15, -0.1) is 0 Å². The van der Waals surface area contributed by atoms with Gasteiger partial charge in [-0.05, 0) is 33.8 Å². The van der Waals surface area contributed by atoms with Crippen molar-refractivity contribution in [3.63, 3.8) is 0 Å². The lowest BCUT2D eigenvalue weighted by atomic mass is 10.4. The van der Waals surface area contributed by atoms with Crippen LogP contribution in [0.4, 0.5) is 0 Å². The summed E-state index contributed by atoms with van der Waals surface area (Å²) in [5, 5.41) is 7.00. The van der Waals surface area contributed by atoms with Crippen molar-refractivity contribution in [2.75, 3.05) is 7.11 Å². The molecule has 0 aliphatic carbocycles. The number of benzene rings is 1. The van der Waals surface area contributed by atoms with Gasteiger partial charge in [-0.1, -0.05) is 18.2 Å². The molecule has 1 N–H and O–H groups in total. The second-order valence-electron chi connectivity index (χ2n) is 1.39. The number of aliphatic hydroxyl groups excluding tert-OH is 1. The summed E-state index contributed by atoms with van der Waals surface area (Å²) in [6.07, 6.45) is 0. The summed E-state index contributed by atoms with van der Waals surface area (Å²) in [5.74, 6) is 0. The molecule has 1 aromatic carbocycles. The monoisotopic (exact) mass is 176 g/mol. The molecule has 0 fully saturated rings. The largest absolute Gasteiger partial charge is 0.400 e. The Bertz CT molecular complexity index is 155. The Morgan fingerprint density at radius 2 is 1.70 bits per heavy atom. The van der Waals surface area contributed by atoms with Crippen LogP contribution >= 0.6 is 21.7 Å². The Morgan fingerprint density at radius 1 is 1.20 bits per heavy atom. The fraction of sp³-hybridized carbons (Fsp3) is 0.143. The number of rotatable bonds is 1. The molecule has 0 aromatic heterocycles. The van der Waals surface area contributed by atoms with E-state index in [4.69, 9.17) is 15.8 Å². The van der Waals surface area contributed by atoms with Crippen LogP contribution in [0, 0.1) is 0 Å². The Morgan fingerprint density at radius 3 is 2.00 bits per heavy atom. The van der Waals surface area contributed by atoms with E-state index in [1.165, 1.54) is 11.0 Å². The standard InChI is InChI=1S/C6H5ClS.CH4O/c7-8-6-4-2-1-3-5-6;1-2/h1-5H;2H,1H3. The SMILES string of the molecule is CO.ClSc1ccccc1. The summed E-state index contributed by atoms with van der Waals surface area (Å²) in [6, 6.07) is 9.83. The third-order valence-corrected chi connectivity index (χ3v) is 1.82. The number of halogens is 1. The summed E-state index contributed by atoms with van der Waals surface area (Å²) in [6.45, 7) is 0. The van der Waals surface area contributed by atoms with Crippen molar-refractivity contribution in [3.8, 4) is 0 Å². The van der Waals surface area contributed by atoms with Crippen LogP contribution in [0.2, 0.25) is 0 Å². The average molecular weight is 177 g/mol. The normalized spacial score (nSPS) is 7.90. The minimum Gasteiger partial charge on any atom is -0.400 e. The lowest BCUT2D eigenvalue weighted by Gasteiger charge is -1.86. The van der Waals surface area contributed by atoms with Crippen molar-refractivity contribution in [2.24, 2.45) is 0 Å². The summed E-state index contributed by atoms with van der Waals surface area (Å²) in [7, 11) is 7.68. The summed E-state index contributed by atoms with van der Waals surface area (Å²) in [5.41, 5.74) is 0. The van der Waals surface area contributed by atoms with Crippen LogP contribution < -0.4 is 0 Å². The summed E-state index contributed by atoms with van der Waals surface area (Å²) < 4.78 is 0. The molecule has 0 heterocycles. The third kappa shape index (κ3) is 3.77. The first-order chi connectivity index (χ1) is 4.93. The quantitative estimate of drug-likeness (QED) is 0.710. The molecule has 0 amide bonds. The van der Waals surface area contributed by atoms with Gasteiger partial charge in [0, 0.05) is 12.0 Å². The van der Waals surface area contributed by atoms with E-state index in [0.717, 1.165) is 12.0 Å². The van der Waals surface area contributed by atoms with Gasteiger partial charge >= 0.3 is 0 Å². The van der Waals surface area contributed by atoms with Gasteiger partial charge in [0.1, 0.15) is 0 Å². The molecule has 3 heteroatoms. The zero-order valence-corrected chi connectivity index (χ0v) is 7.19. The van der Waals surface area contributed by atoms with Gasteiger partial charge in [-0.3, -0.25) is 0 Å². The van der Waals surface area contributed by atoms with Crippen molar-refractivity contribution in [1.82, 2.24) is 0 Å². The van der Waals surface area contributed by atoms with E-state index in [-0.39, 0.29) is 0 Å². The molecule has 10 heavy (non-hydrogen) atoms. The van der Waals surface area contributed by atoms with Crippen LogP contribution in [0.15, 0.2) is 35.2 Å². The maximum Gasteiger partial charge on any atom is 0.0319 e. The van der Waals surface area contributed by atoms with Crippen LogP contribution in [0.25, 0.3) is 0 Å². The van der Waals surface area contributed by atoms with E-state index < -0.39 is 0 Å². The van der Waals surface area contributed by atoms with E-state index in [1.54, 1.807) is 0 Å². The Balaban J connectivity index is 0.000000371.